The molecule has 0 radical (unpaired) electrons. The van der Waals surface area contributed by atoms with Crippen LogP contribution in [-0.4, -0.2) is 43.7 Å². The van der Waals surface area contributed by atoms with Crippen molar-refractivity contribution in [3.05, 3.63) is 35.4 Å². The van der Waals surface area contributed by atoms with E-state index in [9.17, 15) is 13.6 Å². The first-order chi connectivity index (χ1) is 9.65. The lowest BCUT2D eigenvalue weighted by atomic mass is 10.0. The highest BCUT2D eigenvalue weighted by molar-refractivity contribution is 5.78. The molecule has 0 spiro atoms. The van der Waals surface area contributed by atoms with Gasteiger partial charge in [0.05, 0.1) is 12.2 Å². The van der Waals surface area contributed by atoms with E-state index >= 15 is 0 Å². The van der Waals surface area contributed by atoms with Gasteiger partial charge in [0.1, 0.15) is 17.7 Å². The summed E-state index contributed by atoms with van der Waals surface area (Å²) in [4.78, 5) is 13.9. The van der Waals surface area contributed by atoms with Crippen LogP contribution in [0.2, 0.25) is 0 Å². The summed E-state index contributed by atoms with van der Waals surface area (Å²) in [6.07, 6.45) is 0. The maximum absolute atomic E-state index is 14.0. The third kappa shape index (κ3) is 3.13. The largest absolute Gasteiger partial charge is 0.465 e. The van der Waals surface area contributed by atoms with E-state index in [0.29, 0.717) is 26.2 Å². The quantitative estimate of drug-likeness (QED) is 0.850. The van der Waals surface area contributed by atoms with Gasteiger partial charge in [0.15, 0.2) is 0 Å². The minimum Gasteiger partial charge on any atom is -0.465 e. The summed E-state index contributed by atoms with van der Waals surface area (Å²) in [5, 5.41) is 3.14. The van der Waals surface area contributed by atoms with Gasteiger partial charge in [-0.1, -0.05) is 6.07 Å². The highest BCUT2D eigenvalue weighted by atomic mass is 19.1. The van der Waals surface area contributed by atoms with E-state index in [0.717, 1.165) is 12.1 Å². The van der Waals surface area contributed by atoms with Gasteiger partial charge in [-0.3, -0.25) is 4.90 Å². The molecule has 20 heavy (non-hydrogen) atoms. The number of halogens is 2. The normalized spacial score (nSPS) is 17.8. The molecule has 1 heterocycles. The van der Waals surface area contributed by atoms with E-state index in [1.54, 1.807) is 11.8 Å². The number of carbonyl (C=O) groups is 1. The molecule has 1 saturated heterocycles. The molecule has 1 fully saturated rings. The zero-order chi connectivity index (χ0) is 14.5. The summed E-state index contributed by atoms with van der Waals surface area (Å²) in [5.41, 5.74) is -0.229. The van der Waals surface area contributed by atoms with Gasteiger partial charge in [0.25, 0.3) is 0 Å². The van der Waals surface area contributed by atoms with Crippen LogP contribution in [0, 0.1) is 11.6 Å². The zero-order valence-corrected chi connectivity index (χ0v) is 11.4. The van der Waals surface area contributed by atoms with Gasteiger partial charge < -0.3 is 10.1 Å². The fourth-order valence-corrected chi connectivity index (χ4v) is 2.38. The molecule has 0 bridgehead atoms. The lowest BCUT2D eigenvalue weighted by Crippen LogP contribution is -2.48. The number of hydrogen-bond acceptors (Lipinski definition) is 4. The summed E-state index contributed by atoms with van der Waals surface area (Å²) in [6, 6.07) is 2.58. The summed E-state index contributed by atoms with van der Waals surface area (Å²) < 4.78 is 32.9. The van der Waals surface area contributed by atoms with E-state index in [1.807, 2.05) is 0 Å². The molecule has 4 nitrogen and oxygen atoms in total. The molecule has 1 aliphatic rings. The second-order valence-electron chi connectivity index (χ2n) is 4.58. The molecule has 1 atom stereocenters. The van der Waals surface area contributed by atoms with E-state index < -0.39 is 23.6 Å². The van der Waals surface area contributed by atoms with Crippen LogP contribution in [0.4, 0.5) is 8.78 Å². The Morgan fingerprint density at radius 1 is 1.35 bits per heavy atom. The molecule has 2 rings (SSSR count). The molecule has 0 amide bonds. The Morgan fingerprint density at radius 3 is 2.50 bits per heavy atom. The predicted molar refractivity (Wildman–Crippen MR) is 70.2 cm³/mol. The Kier molecular flexibility index (Phi) is 5.03. The zero-order valence-electron chi connectivity index (χ0n) is 11.4. The van der Waals surface area contributed by atoms with Crippen molar-refractivity contribution in [2.24, 2.45) is 0 Å². The van der Waals surface area contributed by atoms with E-state index in [2.05, 4.69) is 5.32 Å². The molecular formula is C14H18F2N2O2. The van der Waals surface area contributed by atoms with Crippen LogP contribution in [0.15, 0.2) is 18.2 Å². The minimum atomic E-state index is -1.03. The van der Waals surface area contributed by atoms with Crippen LogP contribution in [0.25, 0.3) is 0 Å². The van der Waals surface area contributed by atoms with Crippen LogP contribution in [-0.2, 0) is 9.53 Å². The summed E-state index contributed by atoms with van der Waals surface area (Å²) >= 11 is 0. The minimum absolute atomic E-state index is 0.178. The third-order valence-electron chi connectivity index (χ3n) is 3.30. The van der Waals surface area contributed by atoms with Crippen molar-refractivity contribution in [1.82, 2.24) is 10.2 Å². The van der Waals surface area contributed by atoms with Gasteiger partial charge in [-0.15, -0.1) is 0 Å². The van der Waals surface area contributed by atoms with E-state index in [1.165, 1.54) is 6.07 Å². The monoisotopic (exact) mass is 284 g/mol. The Hall–Kier alpha value is -1.53. The fourth-order valence-electron chi connectivity index (χ4n) is 2.38. The molecule has 1 N–H and O–H groups in total. The molecule has 0 aliphatic carbocycles. The van der Waals surface area contributed by atoms with Gasteiger partial charge in [-0.2, -0.15) is 0 Å². The molecular weight excluding hydrogens is 266 g/mol. The lowest BCUT2D eigenvalue weighted by Gasteiger charge is -2.33. The molecule has 110 valence electrons. The number of esters is 1. The number of nitrogens with zero attached hydrogens (tertiary/aromatic N) is 1. The molecule has 1 aromatic carbocycles. The van der Waals surface area contributed by atoms with Crippen molar-refractivity contribution >= 4 is 5.97 Å². The van der Waals surface area contributed by atoms with Crippen LogP contribution >= 0.6 is 0 Å². The standard InChI is InChI=1S/C14H18F2N2O2/c1-2-20-14(19)13(18-8-6-17-7-9-18)12-10(15)4-3-5-11(12)16/h3-5,13,17H,2,6-9H2,1H3. The predicted octanol–water partition coefficient (Wildman–Crippen LogP) is 1.47. The van der Waals surface area contributed by atoms with Crippen LogP contribution in [0.1, 0.15) is 18.5 Å². The van der Waals surface area contributed by atoms with Gasteiger partial charge >= 0.3 is 5.97 Å². The maximum Gasteiger partial charge on any atom is 0.328 e. The highest BCUT2D eigenvalue weighted by Crippen LogP contribution is 2.27. The summed E-state index contributed by atoms with van der Waals surface area (Å²) in [7, 11) is 0. The average Bonchev–Trinajstić information content (AvgIpc) is 2.44. The fraction of sp³-hybridized carbons (Fsp3) is 0.500. The van der Waals surface area contributed by atoms with Crippen molar-refractivity contribution in [3.8, 4) is 0 Å². The Balaban J connectivity index is 2.37. The van der Waals surface area contributed by atoms with Gasteiger partial charge in [0, 0.05) is 26.2 Å². The Labute approximate surface area is 116 Å². The van der Waals surface area contributed by atoms with E-state index in [-0.39, 0.29) is 12.2 Å². The number of piperazine rings is 1. The number of hydrogen-bond donors (Lipinski definition) is 1. The van der Waals surface area contributed by atoms with Gasteiger partial charge in [-0.05, 0) is 19.1 Å². The van der Waals surface area contributed by atoms with Crippen molar-refractivity contribution in [2.45, 2.75) is 13.0 Å². The van der Waals surface area contributed by atoms with Crippen LogP contribution < -0.4 is 5.32 Å². The first kappa shape index (κ1) is 14.9. The average molecular weight is 284 g/mol. The molecule has 0 aromatic heterocycles. The van der Waals surface area contributed by atoms with E-state index in [4.69, 9.17) is 4.74 Å². The van der Waals surface area contributed by atoms with Crippen molar-refractivity contribution in [1.29, 1.82) is 0 Å². The maximum atomic E-state index is 14.0. The number of nitrogens with one attached hydrogen (secondary N) is 1. The number of ether oxygens (including phenoxy) is 1. The molecule has 1 aromatic rings. The smallest absolute Gasteiger partial charge is 0.328 e. The SMILES string of the molecule is CCOC(=O)C(c1c(F)cccc1F)N1CCNCC1. The van der Waals surface area contributed by atoms with Crippen molar-refractivity contribution < 1.29 is 18.3 Å². The molecule has 1 unspecified atom stereocenters. The first-order valence-corrected chi connectivity index (χ1v) is 6.70. The highest BCUT2D eigenvalue weighted by Gasteiger charge is 2.34. The molecule has 1 aliphatic heterocycles. The Morgan fingerprint density at radius 2 is 1.95 bits per heavy atom. The summed E-state index contributed by atoms with van der Waals surface area (Å²) in [6.45, 7) is 4.27. The second kappa shape index (κ2) is 6.76. The first-order valence-electron chi connectivity index (χ1n) is 6.70. The van der Waals surface area contributed by atoms with Gasteiger partial charge in [0.2, 0.25) is 0 Å². The number of rotatable bonds is 4. The summed E-state index contributed by atoms with van der Waals surface area (Å²) in [5.74, 6) is -2.05. The number of benzene rings is 1. The molecule has 0 saturated carbocycles. The topological polar surface area (TPSA) is 41.6 Å². The van der Waals surface area contributed by atoms with Crippen molar-refractivity contribution in [2.75, 3.05) is 32.8 Å². The third-order valence-corrected chi connectivity index (χ3v) is 3.30. The van der Waals surface area contributed by atoms with Crippen molar-refractivity contribution in [3.63, 3.8) is 0 Å². The lowest BCUT2D eigenvalue weighted by molar-refractivity contribution is -0.150. The second-order valence-corrected chi connectivity index (χ2v) is 4.58. The Bertz CT molecular complexity index is 456. The van der Waals surface area contributed by atoms with Gasteiger partial charge in [-0.25, -0.2) is 13.6 Å². The molecule has 6 heteroatoms. The number of carbonyl (C=O) groups excluding carboxylic acids is 1. The van der Waals surface area contributed by atoms with Crippen LogP contribution in [0.5, 0.6) is 0 Å². The van der Waals surface area contributed by atoms with Crippen LogP contribution in [0.3, 0.4) is 0 Å².